The lowest BCUT2D eigenvalue weighted by molar-refractivity contribution is -0.305. The predicted octanol–water partition coefficient (Wildman–Crippen LogP) is -6.17. The third-order valence-corrected chi connectivity index (χ3v) is 3.98. The molecule has 1 aliphatic rings. The smallest absolute Gasteiger partial charge is 0.154 e. The number of aliphatic hydroxyl groups excluding tert-OH is 8. The highest BCUT2D eigenvalue weighted by Gasteiger charge is 2.59. The van der Waals surface area contributed by atoms with Crippen molar-refractivity contribution in [3.63, 3.8) is 0 Å². The Morgan fingerprint density at radius 1 is 1.04 bits per heavy atom. The van der Waals surface area contributed by atoms with Crippen LogP contribution in [0.4, 0.5) is 0 Å². The molecule has 0 aliphatic carbocycles. The minimum absolute atomic E-state index is 0.214. The van der Waals surface area contributed by atoms with Gasteiger partial charge in [0.1, 0.15) is 48.8 Å². The van der Waals surface area contributed by atoms with Crippen molar-refractivity contribution in [2.24, 2.45) is 0 Å². The summed E-state index contributed by atoms with van der Waals surface area (Å²) in [6.45, 7) is -1.92. The monoisotopic (exact) mass is 342 g/mol. The van der Waals surface area contributed by atoms with Gasteiger partial charge in [0, 0.05) is 0 Å². The summed E-state index contributed by atoms with van der Waals surface area (Å²) in [4.78, 5) is 10.8. The van der Waals surface area contributed by atoms with E-state index in [1.807, 2.05) is 0 Å². The third-order valence-electron chi connectivity index (χ3n) is 3.98. The SMILES string of the molecule is O=C[C@H](O)[C@](O)(C1O[C@H](CO)[C@@H](O)[C@H](O)[C@@H]1O)[C@H](O)[C@H](O)CO. The molecule has 0 bridgehead atoms. The number of aliphatic hydroxyl groups is 9. The molecule has 11 heteroatoms. The molecule has 1 fully saturated rings. The van der Waals surface area contributed by atoms with E-state index in [2.05, 4.69) is 0 Å². The van der Waals surface area contributed by atoms with E-state index in [1.54, 1.807) is 0 Å². The minimum Gasteiger partial charge on any atom is -0.394 e. The van der Waals surface area contributed by atoms with Gasteiger partial charge in [-0.1, -0.05) is 0 Å². The van der Waals surface area contributed by atoms with E-state index in [4.69, 9.17) is 14.9 Å². The van der Waals surface area contributed by atoms with Crippen LogP contribution < -0.4 is 0 Å². The zero-order valence-corrected chi connectivity index (χ0v) is 12.0. The number of aldehydes is 1. The van der Waals surface area contributed by atoms with E-state index in [1.165, 1.54) is 0 Å². The Kier molecular flexibility index (Phi) is 6.97. The molecule has 0 aromatic rings. The second-order valence-corrected chi connectivity index (χ2v) is 5.41. The highest BCUT2D eigenvalue weighted by molar-refractivity contribution is 5.59. The Bertz CT molecular complexity index is 391. The molecular formula is C12H22O11. The lowest BCUT2D eigenvalue weighted by Gasteiger charge is -2.49. The summed E-state index contributed by atoms with van der Waals surface area (Å²) in [6, 6.07) is 0. The zero-order valence-electron chi connectivity index (χ0n) is 12.0. The second-order valence-electron chi connectivity index (χ2n) is 5.41. The van der Waals surface area contributed by atoms with E-state index in [-0.39, 0.29) is 6.29 Å². The van der Waals surface area contributed by atoms with Gasteiger partial charge in [0.15, 0.2) is 11.9 Å². The lowest BCUT2D eigenvalue weighted by Crippen LogP contribution is -2.73. The van der Waals surface area contributed by atoms with Crippen LogP contribution >= 0.6 is 0 Å². The number of hydrogen-bond donors (Lipinski definition) is 9. The topological polar surface area (TPSA) is 208 Å². The van der Waals surface area contributed by atoms with Gasteiger partial charge in [-0.25, -0.2) is 0 Å². The Morgan fingerprint density at radius 2 is 1.61 bits per heavy atom. The van der Waals surface area contributed by atoms with Crippen molar-refractivity contribution >= 4 is 6.29 Å². The maximum absolute atomic E-state index is 10.8. The van der Waals surface area contributed by atoms with Crippen LogP contribution in [0.1, 0.15) is 0 Å². The maximum atomic E-state index is 10.8. The Hall–Kier alpha value is -0.730. The van der Waals surface area contributed by atoms with E-state index >= 15 is 0 Å². The van der Waals surface area contributed by atoms with Crippen LogP contribution in [0.15, 0.2) is 0 Å². The molecule has 0 aromatic carbocycles. The first kappa shape index (κ1) is 20.3. The molecule has 9 N–H and O–H groups in total. The second kappa shape index (κ2) is 7.90. The Labute approximate surface area is 130 Å². The number of carbonyl (C=O) groups is 1. The molecule has 0 aromatic heterocycles. The van der Waals surface area contributed by atoms with Crippen molar-refractivity contribution in [2.45, 2.75) is 54.4 Å². The molecule has 9 atom stereocenters. The van der Waals surface area contributed by atoms with Gasteiger partial charge in [0.25, 0.3) is 0 Å². The fourth-order valence-corrected chi connectivity index (χ4v) is 2.51. The van der Waals surface area contributed by atoms with E-state index in [0.29, 0.717) is 0 Å². The number of hydrogen-bond acceptors (Lipinski definition) is 11. The largest absolute Gasteiger partial charge is 0.394 e. The summed E-state index contributed by atoms with van der Waals surface area (Å²) in [5.41, 5.74) is -3.04. The summed E-state index contributed by atoms with van der Waals surface area (Å²) in [5, 5.41) is 86.9. The van der Waals surface area contributed by atoms with Crippen LogP contribution in [0.2, 0.25) is 0 Å². The summed E-state index contributed by atoms with van der Waals surface area (Å²) in [7, 11) is 0. The average molecular weight is 342 g/mol. The molecule has 0 radical (unpaired) electrons. The van der Waals surface area contributed by atoms with Crippen molar-refractivity contribution in [3.8, 4) is 0 Å². The molecule has 0 saturated carbocycles. The van der Waals surface area contributed by atoms with Gasteiger partial charge in [0.05, 0.1) is 13.2 Å². The summed E-state index contributed by atoms with van der Waals surface area (Å²) in [5.74, 6) is 0. The highest BCUT2D eigenvalue weighted by Crippen LogP contribution is 2.33. The van der Waals surface area contributed by atoms with Crippen LogP contribution in [0.5, 0.6) is 0 Å². The van der Waals surface area contributed by atoms with E-state index in [0.717, 1.165) is 0 Å². The standard InChI is InChI=1S/C12H22O11/c13-1-4(16)10(21)12(22,6(17)3-15)11-9(20)8(19)7(18)5(2-14)23-11/h3-11,13-14,16-22H,1-2H2/t4-,5-,6+,7-,8+,9+,10-,11?,12-/m1/s1. The molecule has 1 saturated heterocycles. The average Bonchev–Trinajstić information content (AvgIpc) is 2.56. The van der Waals surface area contributed by atoms with Crippen LogP contribution in [0.25, 0.3) is 0 Å². The van der Waals surface area contributed by atoms with Crippen LogP contribution in [-0.2, 0) is 9.53 Å². The van der Waals surface area contributed by atoms with Crippen molar-refractivity contribution in [2.75, 3.05) is 13.2 Å². The van der Waals surface area contributed by atoms with E-state index in [9.17, 15) is 40.5 Å². The highest BCUT2D eigenvalue weighted by atomic mass is 16.6. The van der Waals surface area contributed by atoms with Crippen molar-refractivity contribution in [1.82, 2.24) is 0 Å². The van der Waals surface area contributed by atoms with Crippen molar-refractivity contribution in [3.05, 3.63) is 0 Å². The first-order valence-corrected chi connectivity index (χ1v) is 6.79. The molecule has 1 rings (SSSR count). The normalized spacial score (nSPS) is 38.4. The van der Waals surface area contributed by atoms with Gasteiger partial charge in [-0.15, -0.1) is 0 Å². The Morgan fingerprint density at radius 3 is 2.04 bits per heavy atom. The van der Waals surface area contributed by atoms with Gasteiger partial charge in [-0.2, -0.15) is 0 Å². The molecule has 1 heterocycles. The summed E-state index contributed by atoms with van der Waals surface area (Å²) < 4.78 is 5.00. The summed E-state index contributed by atoms with van der Waals surface area (Å²) >= 11 is 0. The van der Waals surface area contributed by atoms with Crippen LogP contribution in [0, 0.1) is 0 Å². The van der Waals surface area contributed by atoms with Crippen molar-refractivity contribution < 1.29 is 55.5 Å². The fourth-order valence-electron chi connectivity index (χ4n) is 2.51. The first-order valence-electron chi connectivity index (χ1n) is 6.79. The van der Waals surface area contributed by atoms with Gasteiger partial charge in [-0.05, 0) is 0 Å². The molecule has 1 unspecified atom stereocenters. The lowest BCUT2D eigenvalue weighted by atomic mass is 9.76. The van der Waals surface area contributed by atoms with Crippen molar-refractivity contribution in [1.29, 1.82) is 0 Å². The molecule has 23 heavy (non-hydrogen) atoms. The predicted molar refractivity (Wildman–Crippen MR) is 69.9 cm³/mol. The maximum Gasteiger partial charge on any atom is 0.154 e. The third kappa shape index (κ3) is 3.53. The first-order chi connectivity index (χ1) is 10.7. The van der Waals surface area contributed by atoms with Gasteiger partial charge in [0.2, 0.25) is 0 Å². The van der Waals surface area contributed by atoms with Crippen LogP contribution in [-0.4, -0.2) is 120 Å². The minimum atomic E-state index is -3.04. The van der Waals surface area contributed by atoms with Gasteiger partial charge < -0.3 is 55.5 Å². The van der Waals surface area contributed by atoms with Gasteiger partial charge >= 0.3 is 0 Å². The van der Waals surface area contributed by atoms with Gasteiger partial charge in [-0.3, -0.25) is 0 Å². The van der Waals surface area contributed by atoms with E-state index < -0.39 is 67.6 Å². The number of ether oxygens (including phenoxy) is 1. The molecule has 0 amide bonds. The molecule has 1 aliphatic heterocycles. The fraction of sp³-hybridized carbons (Fsp3) is 0.917. The molecule has 0 spiro atoms. The number of carbonyl (C=O) groups excluding carboxylic acids is 1. The quantitative estimate of drug-likeness (QED) is 0.199. The molecular weight excluding hydrogens is 320 g/mol. The van der Waals surface area contributed by atoms with Crippen LogP contribution in [0.3, 0.4) is 0 Å². The molecule has 136 valence electrons. The Balaban J connectivity index is 3.27. The molecule has 11 nitrogen and oxygen atoms in total. The number of rotatable bonds is 7. The zero-order chi connectivity index (χ0) is 17.9. The summed E-state index contributed by atoms with van der Waals surface area (Å²) in [6.07, 6.45) is -16.4.